The van der Waals surface area contributed by atoms with Gasteiger partial charge < -0.3 is 10.1 Å². The number of imidazole rings is 1. The highest BCUT2D eigenvalue weighted by Crippen LogP contribution is 2.16. The second-order valence-electron chi connectivity index (χ2n) is 4.76. The number of anilines is 1. The van der Waals surface area contributed by atoms with Crippen molar-refractivity contribution in [1.29, 1.82) is 0 Å². The van der Waals surface area contributed by atoms with Crippen molar-refractivity contribution >= 4 is 5.69 Å². The summed E-state index contributed by atoms with van der Waals surface area (Å²) < 4.78 is 7.36. The molecular weight excluding hydrogens is 240 g/mol. The van der Waals surface area contributed by atoms with Gasteiger partial charge in [-0.1, -0.05) is 0 Å². The van der Waals surface area contributed by atoms with Gasteiger partial charge in [0.1, 0.15) is 12.1 Å². The highest BCUT2D eigenvalue weighted by molar-refractivity contribution is 5.44. The molecule has 0 saturated carbocycles. The Labute approximate surface area is 112 Å². The summed E-state index contributed by atoms with van der Waals surface area (Å²) in [5, 5.41) is 3.53. The first-order valence-electron chi connectivity index (χ1n) is 6.70. The molecule has 1 fully saturated rings. The predicted octanol–water partition coefficient (Wildman–Crippen LogP) is 2.25. The summed E-state index contributed by atoms with van der Waals surface area (Å²) >= 11 is 0. The van der Waals surface area contributed by atoms with Crippen molar-refractivity contribution in [1.82, 2.24) is 14.5 Å². The Morgan fingerprint density at radius 3 is 3.05 bits per heavy atom. The number of rotatable bonds is 3. The molecule has 0 spiro atoms. The molecule has 3 rings (SSSR count). The molecule has 100 valence electrons. The second kappa shape index (κ2) is 5.84. The lowest BCUT2D eigenvalue weighted by Crippen LogP contribution is -2.19. The number of pyridine rings is 1. The van der Waals surface area contributed by atoms with Crippen LogP contribution in [0.25, 0.3) is 5.82 Å². The lowest BCUT2D eigenvalue weighted by atomic mass is 10.1. The van der Waals surface area contributed by atoms with Crippen molar-refractivity contribution in [2.75, 3.05) is 18.5 Å². The summed E-state index contributed by atoms with van der Waals surface area (Å²) in [4.78, 5) is 8.46. The SMILES string of the molecule is c1cn(-c2ccc(NC3CCCOCC3)cn2)cn1. The lowest BCUT2D eigenvalue weighted by Gasteiger charge is -2.16. The smallest absolute Gasteiger partial charge is 0.137 e. The van der Waals surface area contributed by atoms with Gasteiger partial charge in [-0.05, 0) is 31.4 Å². The summed E-state index contributed by atoms with van der Waals surface area (Å²) in [5.74, 6) is 0.882. The Balaban J connectivity index is 1.65. The monoisotopic (exact) mass is 258 g/mol. The highest BCUT2D eigenvalue weighted by atomic mass is 16.5. The maximum absolute atomic E-state index is 5.46. The van der Waals surface area contributed by atoms with E-state index < -0.39 is 0 Å². The number of ether oxygens (including phenoxy) is 1. The highest BCUT2D eigenvalue weighted by Gasteiger charge is 2.12. The zero-order valence-electron chi connectivity index (χ0n) is 10.8. The Kier molecular flexibility index (Phi) is 3.74. The van der Waals surface area contributed by atoms with Gasteiger partial charge in [0, 0.05) is 31.6 Å². The summed E-state index contributed by atoms with van der Waals surface area (Å²) in [6.45, 7) is 1.73. The van der Waals surface area contributed by atoms with E-state index in [-0.39, 0.29) is 0 Å². The number of hydrogen-bond donors (Lipinski definition) is 1. The van der Waals surface area contributed by atoms with Gasteiger partial charge in [0.15, 0.2) is 0 Å². The van der Waals surface area contributed by atoms with Gasteiger partial charge in [-0.2, -0.15) is 0 Å². The first kappa shape index (κ1) is 12.2. The quantitative estimate of drug-likeness (QED) is 0.917. The molecule has 1 saturated heterocycles. The van der Waals surface area contributed by atoms with Crippen LogP contribution in [0.4, 0.5) is 5.69 Å². The number of aromatic nitrogens is 3. The van der Waals surface area contributed by atoms with Crippen LogP contribution in [0.15, 0.2) is 37.1 Å². The van der Waals surface area contributed by atoms with Crippen LogP contribution in [-0.2, 0) is 4.74 Å². The van der Waals surface area contributed by atoms with E-state index in [9.17, 15) is 0 Å². The summed E-state index contributed by atoms with van der Waals surface area (Å²) in [6, 6.07) is 4.55. The maximum atomic E-state index is 5.46. The third-order valence-electron chi connectivity index (χ3n) is 3.34. The minimum absolute atomic E-state index is 0.489. The van der Waals surface area contributed by atoms with Gasteiger partial charge in [-0.25, -0.2) is 9.97 Å². The molecule has 3 heterocycles. The minimum atomic E-state index is 0.489. The van der Waals surface area contributed by atoms with Crippen LogP contribution in [0.1, 0.15) is 19.3 Å². The molecule has 5 heteroatoms. The van der Waals surface area contributed by atoms with Gasteiger partial charge in [0.05, 0.1) is 11.9 Å². The van der Waals surface area contributed by atoms with Crippen molar-refractivity contribution in [3.63, 3.8) is 0 Å². The van der Waals surface area contributed by atoms with Crippen LogP contribution in [0.2, 0.25) is 0 Å². The number of nitrogens with one attached hydrogen (secondary N) is 1. The molecule has 0 aliphatic carbocycles. The molecule has 1 N–H and O–H groups in total. The summed E-state index contributed by atoms with van der Waals surface area (Å²) in [6.07, 6.45) is 10.6. The van der Waals surface area contributed by atoms with Crippen molar-refractivity contribution < 1.29 is 4.74 Å². The fourth-order valence-corrected chi connectivity index (χ4v) is 2.30. The summed E-state index contributed by atoms with van der Waals surface area (Å²) in [7, 11) is 0. The van der Waals surface area contributed by atoms with E-state index in [1.54, 1.807) is 12.5 Å². The van der Waals surface area contributed by atoms with Gasteiger partial charge in [0.25, 0.3) is 0 Å². The van der Waals surface area contributed by atoms with E-state index in [2.05, 4.69) is 21.4 Å². The molecule has 1 aliphatic heterocycles. The van der Waals surface area contributed by atoms with Crippen molar-refractivity contribution in [2.24, 2.45) is 0 Å². The van der Waals surface area contributed by atoms with Gasteiger partial charge >= 0.3 is 0 Å². The zero-order chi connectivity index (χ0) is 12.9. The van der Waals surface area contributed by atoms with Crippen LogP contribution in [0, 0.1) is 0 Å². The summed E-state index contributed by atoms with van der Waals surface area (Å²) in [5.41, 5.74) is 1.07. The molecular formula is C14H18N4O. The minimum Gasteiger partial charge on any atom is -0.381 e. The Hall–Kier alpha value is -1.88. The van der Waals surface area contributed by atoms with E-state index in [4.69, 9.17) is 4.74 Å². The van der Waals surface area contributed by atoms with Gasteiger partial charge in [-0.15, -0.1) is 0 Å². The van der Waals surface area contributed by atoms with Crippen LogP contribution in [0.5, 0.6) is 0 Å². The molecule has 0 amide bonds. The lowest BCUT2D eigenvalue weighted by molar-refractivity contribution is 0.144. The Bertz CT molecular complexity index is 487. The topological polar surface area (TPSA) is 52.0 Å². The van der Waals surface area contributed by atoms with Crippen molar-refractivity contribution in [3.05, 3.63) is 37.1 Å². The number of nitrogens with zero attached hydrogens (tertiary/aromatic N) is 3. The van der Waals surface area contributed by atoms with Crippen LogP contribution < -0.4 is 5.32 Å². The molecule has 0 bridgehead atoms. The Morgan fingerprint density at radius 1 is 1.26 bits per heavy atom. The van der Waals surface area contributed by atoms with Gasteiger partial charge in [-0.3, -0.25) is 4.57 Å². The van der Waals surface area contributed by atoms with Crippen molar-refractivity contribution in [3.8, 4) is 5.82 Å². The van der Waals surface area contributed by atoms with E-state index in [0.717, 1.165) is 44.0 Å². The molecule has 0 aromatic carbocycles. The standard InChI is InChI=1S/C14H18N4O/c1-2-12(5-9-19-8-1)17-13-3-4-14(16-10-13)18-7-6-15-11-18/h3-4,6-7,10-12,17H,1-2,5,8-9H2. The fourth-order valence-electron chi connectivity index (χ4n) is 2.30. The molecule has 1 aliphatic rings. The van der Waals surface area contributed by atoms with Crippen LogP contribution >= 0.6 is 0 Å². The molecule has 2 aromatic rings. The van der Waals surface area contributed by atoms with Crippen molar-refractivity contribution in [2.45, 2.75) is 25.3 Å². The molecule has 0 radical (unpaired) electrons. The van der Waals surface area contributed by atoms with Gasteiger partial charge in [0.2, 0.25) is 0 Å². The number of hydrogen-bond acceptors (Lipinski definition) is 4. The van der Waals surface area contributed by atoms with E-state index in [1.807, 2.05) is 23.0 Å². The predicted molar refractivity (Wildman–Crippen MR) is 73.4 cm³/mol. The van der Waals surface area contributed by atoms with E-state index in [0.29, 0.717) is 6.04 Å². The first-order chi connectivity index (χ1) is 9.42. The average molecular weight is 258 g/mol. The van der Waals surface area contributed by atoms with Crippen LogP contribution in [-0.4, -0.2) is 33.8 Å². The molecule has 19 heavy (non-hydrogen) atoms. The van der Waals surface area contributed by atoms with E-state index in [1.165, 1.54) is 0 Å². The second-order valence-corrected chi connectivity index (χ2v) is 4.76. The molecule has 1 atom stereocenters. The third-order valence-corrected chi connectivity index (χ3v) is 3.34. The van der Waals surface area contributed by atoms with E-state index >= 15 is 0 Å². The third kappa shape index (κ3) is 3.12. The maximum Gasteiger partial charge on any atom is 0.137 e. The first-order valence-corrected chi connectivity index (χ1v) is 6.70. The fraction of sp³-hybridized carbons (Fsp3) is 0.429. The zero-order valence-corrected chi connectivity index (χ0v) is 10.8. The molecule has 5 nitrogen and oxygen atoms in total. The van der Waals surface area contributed by atoms with Crippen LogP contribution in [0.3, 0.4) is 0 Å². The normalized spacial score (nSPS) is 19.9. The average Bonchev–Trinajstić information content (AvgIpc) is 2.86. The molecule has 2 aromatic heterocycles. The molecule has 1 unspecified atom stereocenters. The largest absolute Gasteiger partial charge is 0.381 e. The Morgan fingerprint density at radius 2 is 2.26 bits per heavy atom.